The summed E-state index contributed by atoms with van der Waals surface area (Å²) >= 11 is 0. The smallest absolute Gasteiger partial charge is 0.314 e. The Labute approximate surface area is 137 Å². The molecule has 0 spiro atoms. The average Bonchev–Trinajstić information content (AvgIpc) is 2.96. The number of aryl methyl sites for hydroxylation is 3. The minimum atomic E-state index is -0.0884. The van der Waals surface area contributed by atoms with E-state index in [1.54, 1.807) is 0 Å². The third-order valence-electron chi connectivity index (χ3n) is 3.93. The van der Waals surface area contributed by atoms with Crippen molar-refractivity contribution in [3.63, 3.8) is 0 Å². The minimum absolute atomic E-state index is 0.0884. The Kier molecular flexibility index (Phi) is 6.66. The lowest BCUT2D eigenvalue weighted by molar-refractivity contribution is 0.237. The molecule has 1 aromatic carbocycles. The van der Waals surface area contributed by atoms with Crippen LogP contribution in [0.4, 0.5) is 4.79 Å². The molecule has 5 nitrogen and oxygen atoms in total. The second-order valence-corrected chi connectivity index (χ2v) is 5.95. The van der Waals surface area contributed by atoms with Gasteiger partial charge >= 0.3 is 6.03 Å². The van der Waals surface area contributed by atoms with Crippen molar-refractivity contribution >= 4 is 6.03 Å². The van der Waals surface area contributed by atoms with Crippen molar-refractivity contribution in [3.05, 3.63) is 53.3 Å². The Bertz CT molecular complexity index is 594. The summed E-state index contributed by atoms with van der Waals surface area (Å²) in [6.07, 6.45) is 5.59. The van der Waals surface area contributed by atoms with Gasteiger partial charge in [0.25, 0.3) is 0 Å². The van der Waals surface area contributed by atoms with Gasteiger partial charge in [0.05, 0.1) is 6.20 Å². The van der Waals surface area contributed by atoms with E-state index in [0.29, 0.717) is 6.54 Å². The Morgan fingerprint density at radius 2 is 2.04 bits per heavy atom. The number of nitrogens with zero attached hydrogens (tertiary/aromatic N) is 1. The molecule has 2 amide bonds. The topological polar surface area (TPSA) is 69.8 Å². The number of hydrogen-bond donors (Lipinski definition) is 3. The Morgan fingerprint density at radius 3 is 2.74 bits per heavy atom. The van der Waals surface area contributed by atoms with E-state index in [9.17, 15) is 4.79 Å². The maximum Gasteiger partial charge on any atom is 0.314 e. The summed E-state index contributed by atoms with van der Waals surface area (Å²) in [7, 11) is 0. The predicted octanol–water partition coefficient (Wildman–Crippen LogP) is 2.97. The fraction of sp³-hybridized carbons (Fsp3) is 0.444. The average molecular weight is 314 g/mol. The van der Waals surface area contributed by atoms with Crippen LogP contribution in [0, 0.1) is 6.92 Å². The van der Waals surface area contributed by atoms with E-state index in [4.69, 9.17) is 0 Å². The molecule has 124 valence electrons. The number of aromatic nitrogens is 2. The number of H-pyrrole nitrogens is 1. The van der Waals surface area contributed by atoms with Gasteiger partial charge in [-0.25, -0.2) is 4.79 Å². The summed E-state index contributed by atoms with van der Waals surface area (Å²) in [5.74, 6) is 0. The SMILES string of the molecule is Cc1[nH]ncc1CCCNC(=O)NC(C)CCc1ccccc1. The second kappa shape index (κ2) is 8.98. The second-order valence-electron chi connectivity index (χ2n) is 5.95. The first-order valence-electron chi connectivity index (χ1n) is 8.22. The van der Waals surface area contributed by atoms with Crippen LogP contribution < -0.4 is 10.6 Å². The molecule has 0 saturated heterocycles. The van der Waals surface area contributed by atoms with Crippen LogP contribution in [0.5, 0.6) is 0 Å². The van der Waals surface area contributed by atoms with Crippen molar-refractivity contribution in [1.82, 2.24) is 20.8 Å². The van der Waals surface area contributed by atoms with Gasteiger partial charge in [-0.05, 0) is 50.7 Å². The molecule has 0 fully saturated rings. The number of urea groups is 1. The van der Waals surface area contributed by atoms with Gasteiger partial charge in [-0.3, -0.25) is 5.10 Å². The highest BCUT2D eigenvalue weighted by Crippen LogP contribution is 2.06. The number of carbonyl (C=O) groups excluding carboxylic acids is 1. The first kappa shape index (κ1) is 17.1. The highest BCUT2D eigenvalue weighted by molar-refractivity contribution is 5.74. The summed E-state index contributed by atoms with van der Waals surface area (Å²) in [4.78, 5) is 11.9. The van der Waals surface area contributed by atoms with Gasteiger partial charge in [0.15, 0.2) is 0 Å². The number of nitrogens with one attached hydrogen (secondary N) is 3. The van der Waals surface area contributed by atoms with Crippen LogP contribution in [-0.4, -0.2) is 28.8 Å². The van der Waals surface area contributed by atoms with Crippen molar-refractivity contribution in [1.29, 1.82) is 0 Å². The number of benzene rings is 1. The van der Waals surface area contributed by atoms with Gasteiger partial charge < -0.3 is 10.6 Å². The Morgan fingerprint density at radius 1 is 1.26 bits per heavy atom. The van der Waals surface area contributed by atoms with E-state index < -0.39 is 0 Å². The molecule has 3 N–H and O–H groups in total. The van der Waals surface area contributed by atoms with Crippen LogP contribution in [-0.2, 0) is 12.8 Å². The number of carbonyl (C=O) groups is 1. The zero-order valence-corrected chi connectivity index (χ0v) is 13.9. The molecule has 0 aliphatic heterocycles. The highest BCUT2D eigenvalue weighted by Gasteiger charge is 2.07. The molecular formula is C18H26N4O. The summed E-state index contributed by atoms with van der Waals surface area (Å²) in [6.45, 7) is 4.72. The number of hydrogen-bond acceptors (Lipinski definition) is 2. The van der Waals surface area contributed by atoms with Crippen LogP contribution in [0.1, 0.15) is 36.6 Å². The quantitative estimate of drug-likeness (QED) is 0.656. The van der Waals surface area contributed by atoms with Crippen LogP contribution >= 0.6 is 0 Å². The molecule has 1 aromatic heterocycles. The van der Waals surface area contributed by atoms with Crippen molar-refractivity contribution in [2.75, 3.05) is 6.54 Å². The molecular weight excluding hydrogens is 288 g/mol. The van der Waals surface area contributed by atoms with E-state index in [1.165, 1.54) is 11.1 Å². The fourth-order valence-corrected chi connectivity index (χ4v) is 2.48. The monoisotopic (exact) mass is 314 g/mol. The first-order valence-corrected chi connectivity index (χ1v) is 8.22. The third-order valence-corrected chi connectivity index (χ3v) is 3.93. The molecule has 2 rings (SSSR count). The zero-order valence-electron chi connectivity index (χ0n) is 13.9. The van der Waals surface area contributed by atoms with Crippen LogP contribution in [0.2, 0.25) is 0 Å². The Balaban J connectivity index is 1.58. The van der Waals surface area contributed by atoms with Crippen LogP contribution in [0.3, 0.4) is 0 Å². The summed E-state index contributed by atoms with van der Waals surface area (Å²) in [6, 6.07) is 10.4. The number of aromatic amines is 1. The maximum atomic E-state index is 11.9. The first-order chi connectivity index (χ1) is 11.1. The fourth-order valence-electron chi connectivity index (χ4n) is 2.48. The highest BCUT2D eigenvalue weighted by atomic mass is 16.2. The van der Waals surface area contributed by atoms with E-state index in [1.807, 2.05) is 38.2 Å². The zero-order chi connectivity index (χ0) is 16.5. The molecule has 1 unspecified atom stereocenters. The molecule has 1 heterocycles. The van der Waals surface area contributed by atoms with Gasteiger partial charge in [0.2, 0.25) is 0 Å². The molecule has 0 aliphatic carbocycles. The number of amides is 2. The largest absolute Gasteiger partial charge is 0.338 e. The summed E-state index contributed by atoms with van der Waals surface area (Å²) in [5.41, 5.74) is 3.62. The summed E-state index contributed by atoms with van der Waals surface area (Å²) < 4.78 is 0. The van der Waals surface area contributed by atoms with Crippen molar-refractivity contribution in [2.24, 2.45) is 0 Å². The molecule has 0 aliphatic rings. The minimum Gasteiger partial charge on any atom is -0.338 e. The van der Waals surface area contributed by atoms with Crippen LogP contribution in [0.15, 0.2) is 36.5 Å². The number of rotatable bonds is 8. The maximum absolute atomic E-state index is 11.9. The van der Waals surface area contributed by atoms with Gasteiger partial charge in [-0.15, -0.1) is 0 Å². The molecule has 0 radical (unpaired) electrons. The van der Waals surface area contributed by atoms with Crippen molar-refractivity contribution < 1.29 is 4.79 Å². The van der Waals surface area contributed by atoms with Crippen molar-refractivity contribution in [2.45, 2.75) is 45.6 Å². The lowest BCUT2D eigenvalue weighted by Gasteiger charge is -2.14. The van der Waals surface area contributed by atoms with E-state index in [-0.39, 0.29) is 12.1 Å². The van der Waals surface area contributed by atoms with Crippen molar-refractivity contribution in [3.8, 4) is 0 Å². The molecule has 0 saturated carbocycles. The van der Waals surface area contributed by atoms with Gasteiger partial charge in [0.1, 0.15) is 0 Å². The third kappa shape index (κ3) is 6.14. The van der Waals surface area contributed by atoms with Gasteiger partial charge in [0, 0.05) is 18.3 Å². The van der Waals surface area contributed by atoms with Crippen LogP contribution in [0.25, 0.3) is 0 Å². The van der Waals surface area contributed by atoms with E-state index in [2.05, 4.69) is 33.0 Å². The lowest BCUT2D eigenvalue weighted by Crippen LogP contribution is -2.41. The summed E-state index contributed by atoms with van der Waals surface area (Å²) in [5, 5.41) is 12.8. The molecule has 1 atom stereocenters. The standard InChI is InChI=1S/C18H26N4O/c1-14(10-11-16-7-4-3-5-8-16)21-18(23)19-12-6-9-17-13-20-22-15(17)2/h3-5,7-8,13-14H,6,9-12H2,1-2H3,(H,20,22)(H2,19,21,23). The molecule has 2 aromatic rings. The van der Waals surface area contributed by atoms with Gasteiger partial charge in [-0.1, -0.05) is 30.3 Å². The van der Waals surface area contributed by atoms with E-state index >= 15 is 0 Å². The lowest BCUT2D eigenvalue weighted by atomic mass is 10.1. The van der Waals surface area contributed by atoms with Gasteiger partial charge in [-0.2, -0.15) is 5.10 Å². The van der Waals surface area contributed by atoms with E-state index in [0.717, 1.165) is 31.4 Å². The normalized spacial score (nSPS) is 11.9. The molecule has 5 heteroatoms. The molecule has 0 bridgehead atoms. The predicted molar refractivity (Wildman–Crippen MR) is 92.4 cm³/mol. The molecule has 23 heavy (non-hydrogen) atoms. The Hall–Kier alpha value is -2.30.